The molecule has 0 spiro atoms. The predicted octanol–water partition coefficient (Wildman–Crippen LogP) is 3.06. The van der Waals surface area contributed by atoms with Crippen LogP contribution < -0.4 is 9.47 Å². The van der Waals surface area contributed by atoms with Crippen molar-refractivity contribution in [3.05, 3.63) is 65.7 Å². The second kappa shape index (κ2) is 9.24. The molecule has 1 heterocycles. The van der Waals surface area contributed by atoms with E-state index in [1.165, 1.54) is 5.56 Å². The van der Waals surface area contributed by atoms with Crippen LogP contribution in [0.2, 0.25) is 0 Å². The minimum atomic E-state index is 0.0160. The van der Waals surface area contributed by atoms with Gasteiger partial charge in [0, 0.05) is 38.8 Å². The molecule has 27 heavy (non-hydrogen) atoms. The summed E-state index contributed by atoms with van der Waals surface area (Å²) in [4.78, 5) is 16.8. The van der Waals surface area contributed by atoms with Crippen molar-refractivity contribution >= 4 is 12.0 Å². The van der Waals surface area contributed by atoms with Crippen molar-refractivity contribution < 1.29 is 14.3 Å². The first kappa shape index (κ1) is 19.0. The van der Waals surface area contributed by atoms with Crippen LogP contribution in [0.4, 0.5) is 0 Å². The lowest BCUT2D eigenvalue weighted by Crippen LogP contribution is -2.47. The first-order chi connectivity index (χ1) is 13.2. The van der Waals surface area contributed by atoms with Gasteiger partial charge in [-0.2, -0.15) is 0 Å². The minimum absolute atomic E-state index is 0.0160. The van der Waals surface area contributed by atoms with Gasteiger partial charge in [0.25, 0.3) is 0 Å². The molecule has 0 radical (unpaired) electrons. The van der Waals surface area contributed by atoms with E-state index < -0.39 is 0 Å². The standard InChI is InChI=1S/C22H26N2O3/c1-26-20-9-6-10-21(27-2)19(20)11-12-22(25)24-15-13-23(14-16-24)17-18-7-4-3-5-8-18/h3-12H,13-17H2,1-2H3/b12-11+. The molecule has 0 unspecified atom stereocenters. The number of carbonyl (C=O) groups excluding carboxylic acids is 1. The van der Waals surface area contributed by atoms with E-state index in [4.69, 9.17) is 9.47 Å². The number of piperazine rings is 1. The Kier molecular flexibility index (Phi) is 6.49. The minimum Gasteiger partial charge on any atom is -0.496 e. The van der Waals surface area contributed by atoms with Gasteiger partial charge in [-0.25, -0.2) is 0 Å². The van der Waals surface area contributed by atoms with Crippen molar-refractivity contribution in [2.75, 3.05) is 40.4 Å². The first-order valence-corrected chi connectivity index (χ1v) is 9.15. The summed E-state index contributed by atoms with van der Waals surface area (Å²) >= 11 is 0. The maximum Gasteiger partial charge on any atom is 0.246 e. The van der Waals surface area contributed by atoms with Gasteiger partial charge in [-0.1, -0.05) is 36.4 Å². The van der Waals surface area contributed by atoms with Crippen molar-refractivity contribution in [1.29, 1.82) is 0 Å². The lowest BCUT2D eigenvalue weighted by molar-refractivity contribution is -0.127. The molecule has 1 aliphatic rings. The highest BCUT2D eigenvalue weighted by molar-refractivity contribution is 5.92. The van der Waals surface area contributed by atoms with E-state index in [1.54, 1.807) is 26.4 Å². The molecule has 0 atom stereocenters. The van der Waals surface area contributed by atoms with E-state index in [1.807, 2.05) is 29.2 Å². The molecule has 0 N–H and O–H groups in total. The second-order valence-corrected chi connectivity index (χ2v) is 6.50. The van der Waals surface area contributed by atoms with Crippen LogP contribution in [0.25, 0.3) is 6.08 Å². The highest BCUT2D eigenvalue weighted by Gasteiger charge is 2.19. The molecule has 1 amide bonds. The number of nitrogens with zero attached hydrogens (tertiary/aromatic N) is 2. The summed E-state index contributed by atoms with van der Waals surface area (Å²) in [7, 11) is 3.22. The summed E-state index contributed by atoms with van der Waals surface area (Å²) in [5.41, 5.74) is 2.08. The van der Waals surface area contributed by atoms with Crippen molar-refractivity contribution in [1.82, 2.24) is 9.80 Å². The van der Waals surface area contributed by atoms with Crippen molar-refractivity contribution in [2.45, 2.75) is 6.54 Å². The van der Waals surface area contributed by atoms with Gasteiger partial charge in [-0.3, -0.25) is 9.69 Å². The van der Waals surface area contributed by atoms with Crippen LogP contribution in [-0.2, 0) is 11.3 Å². The lowest BCUT2D eigenvalue weighted by Gasteiger charge is -2.34. The van der Waals surface area contributed by atoms with Crippen LogP contribution in [0.5, 0.6) is 11.5 Å². The summed E-state index contributed by atoms with van der Waals surface area (Å²) in [6, 6.07) is 16.0. The largest absolute Gasteiger partial charge is 0.496 e. The molecule has 2 aromatic carbocycles. The van der Waals surface area contributed by atoms with Crippen LogP contribution in [-0.4, -0.2) is 56.1 Å². The van der Waals surface area contributed by atoms with E-state index in [2.05, 4.69) is 29.2 Å². The maximum atomic E-state index is 12.6. The Labute approximate surface area is 160 Å². The molecule has 0 aliphatic carbocycles. The van der Waals surface area contributed by atoms with E-state index in [0.29, 0.717) is 11.5 Å². The molecule has 5 nitrogen and oxygen atoms in total. The number of hydrogen-bond acceptors (Lipinski definition) is 4. The summed E-state index contributed by atoms with van der Waals surface area (Å²) in [6.45, 7) is 4.16. The summed E-state index contributed by atoms with van der Waals surface area (Å²) in [5, 5.41) is 0. The summed E-state index contributed by atoms with van der Waals surface area (Å²) < 4.78 is 10.7. The maximum absolute atomic E-state index is 12.6. The molecular formula is C22H26N2O3. The van der Waals surface area contributed by atoms with Crippen LogP contribution in [0.1, 0.15) is 11.1 Å². The average molecular weight is 366 g/mol. The third kappa shape index (κ3) is 4.89. The number of hydrogen-bond donors (Lipinski definition) is 0. The van der Waals surface area contributed by atoms with Gasteiger partial charge in [0.1, 0.15) is 11.5 Å². The Hall–Kier alpha value is -2.79. The Bertz CT molecular complexity index is 759. The van der Waals surface area contributed by atoms with Crippen LogP contribution >= 0.6 is 0 Å². The number of benzene rings is 2. The fourth-order valence-corrected chi connectivity index (χ4v) is 3.27. The zero-order chi connectivity index (χ0) is 19.1. The molecule has 1 saturated heterocycles. The number of ether oxygens (including phenoxy) is 2. The Morgan fingerprint density at radius 3 is 2.15 bits per heavy atom. The van der Waals surface area contributed by atoms with Crippen LogP contribution in [0.15, 0.2) is 54.6 Å². The molecular weight excluding hydrogens is 340 g/mol. The van der Waals surface area contributed by atoms with E-state index in [9.17, 15) is 4.79 Å². The highest BCUT2D eigenvalue weighted by atomic mass is 16.5. The van der Waals surface area contributed by atoms with Crippen molar-refractivity contribution in [3.8, 4) is 11.5 Å². The monoisotopic (exact) mass is 366 g/mol. The molecule has 0 aromatic heterocycles. The third-order valence-electron chi connectivity index (χ3n) is 4.79. The molecule has 3 rings (SSSR count). The van der Waals surface area contributed by atoms with Gasteiger partial charge in [-0.15, -0.1) is 0 Å². The van der Waals surface area contributed by atoms with Gasteiger partial charge < -0.3 is 14.4 Å². The predicted molar refractivity (Wildman–Crippen MR) is 107 cm³/mol. The zero-order valence-corrected chi connectivity index (χ0v) is 15.9. The second-order valence-electron chi connectivity index (χ2n) is 6.50. The molecule has 1 fully saturated rings. The highest BCUT2D eigenvalue weighted by Crippen LogP contribution is 2.29. The quantitative estimate of drug-likeness (QED) is 0.737. The molecule has 1 aliphatic heterocycles. The van der Waals surface area contributed by atoms with Gasteiger partial charge in [-0.05, 0) is 23.8 Å². The Morgan fingerprint density at radius 1 is 0.926 bits per heavy atom. The molecule has 2 aromatic rings. The number of amides is 1. The smallest absolute Gasteiger partial charge is 0.246 e. The van der Waals surface area contributed by atoms with E-state index >= 15 is 0 Å². The summed E-state index contributed by atoms with van der Waals surface area (Å²) in [5.74, 6) is 1.39. The number of rotatable bonds is 6. The number of carbonyl (C=O) groups is 1. The van der Waals surface area contributed by atoms with Crippen molar-refractivity contribution in [2.24, 2.45) is 0 Å². The number of methoxy groups -OCH3 is 2. The third-order valence-corrected chi connectivity index (χ3v) is 4.79. The fourth-order valence-electron chi connectivity index (χ4n) is 3.27. The van der Waals surface area contributed by atoms with E-state index in [-0.39, 0.29) is 5.91 Å². The van der Waals surface area contributed by atoms with Crippen LogP contribution in [0.3, 0.4) is 0 Å². The molecule has 5 heteroatoms. The summed E-state index contributed by atoms with van der Waals surface area (Å²) in [6.07, 6.45) is 3.38. The Morgan fingerprint density at radius 2 is 1.56 bits per heavy atom. The molecule has 0 bridgehead atoms. The Balaban J connectivity index is 1.58. The van der Waals surface area contributed by atoms with Crippen molar-refractivity contribution in [3.63, 3.8) is 0 Å². The van der Waals surface area contributed by atoms with Gasteiger partial charge in [0.2, 0.25) is 5.91 Å². The zero-order valence-electron chi connectivity index (χ0n) is 15.9. The van der Waals surface area contributed by atoms with Gasteiger partial charge in [0.15, 0.2) is 0 Å². The molecule has 0 saturated carbocycles. The topological polar surface area (TPSA) is 42.0 Å². The SMILES string of the molecule is COc1cccc(OC)c1/C=C/C(=O)N1CCN(Cc2ccccc2)CC1. The molecule has 142 valence electrons. The van der Waals surface area contributed by atoms with Crippen LogP contribution in [0, 0.1) is 0 Å². The van der Waals surface area contributed by atoms with Gasteiger partial charge in [0.05, 0.1) is 19.8 Å². The van der Waals surface area contributed by atoms with Gasteiger partial charge >= 0.3 is 0 Å². The fraction of sp³-hybridized carbons (Fsp3) is 0.318. The first-order valence-electron chi connectivity index (χ1n) is 9.15. The lowest BCUT2D eigenvalue weighted by atomic mass is 10.1. The normalized spacial score (nSPS) is 15.1. The van der Waals surface area contributed by atoms with E-state index in [0.717, 1.165) is 38.3 Å². The average Bonchev–Trinajstić information content (AvgIpc) is 2.73.